The normalized spacial score (nSPS) is 17.6. The Balaban J connectivity index is 1.86. The van der Waals surface area contributed by atoms with Gasteiger partial charge in [-0.2, -0.15) is 0 Å². The first-order chi connectivity index (χ1) is 11.0. The van der Waals surface area contributed by atoms with Crippen LogP contribution in [0.3, 0.4) is 0 Å². The van der Waals surface area contributed by atoms with E-state index in [-0.39, 0.29) is 11.9 Å². The lowest BCUT2D eigenvalue weighted by Crippen LogP contribution is -2.42. The Morgan fingerprint density at radius 3 is 2.57 bits per heavy atom. The number of hydrogen-bond acceptors (Lipinski definition) is 4. The van der Waals surface area contributed by atoms with Crippen LogP contribution < -0.4 is 0 Å². The van der Waals surface area contributed by atoms with Crippen molar-refractivity contribution in [1.82, 2.24) is 4.90 Å². The van der Waals surface area contributed by atoms with Crippen LogP contribution >= 0.6 is 0 Å². The average Bonchev–Trinajstić information content (AvgIpc) is 2.59. The fourth-order valence-corrected chi connectivity index (χ4v) is 2.74. The second-order valence-corrected chi connectivity index (χ2v) is 5.71. The quantitative estimate of drug-likeness (QED) is 0.836. The first-order valence-electron chi connectivity index (χ1n) is 7.69. The fourth-order valence-electron chi connectivity index (χ4n) is 2.74. The van der Waals surface area contributed by atoms with E-state index in [4.69, 9.17) is 5.11 Å². The summed E-state index contributed by atoms with van der Waals surface area (Å²) >= 11 is 0. The van der Waals surface area contributed by atoms with E-state index in [1.165, 1.54) is 7.11 Å². The van der Waals surface area contributed by atoms with Crippen LogP contribution in [0.2, 0.25) is 0 Å². The zero-order valence-corrected chi connectivity index (χ0v) is 13.2. The number of carbonyl (C=O) groups is 3. The van der Waals surface area contributed by atoms with Crippen LogP contribution in [0.1, 0.15) is 35.2 Å². The maximum Gasteiger partial charge on any atom is 0.337 e. The van der Waals surface area contributed by atoms with Crippen LogP contribution in [0.4, 0.5) is 0 Å². The molecule has 6 nitrogen and oxygen atoms in total. The summed E-state index contributed by atoms with van der Waals surface area (Å²) < 4.78 is 4.64. The average molecular weight is 319 g/mol. The molecule has 1 aliphatic rings. The third kappa shape index (κ3) is 4.55. The van der Waals surface area contributed by atoms with Crippen LogP contribution in [0.25, 0.3) is 0 Å². The number of esters is 1. The molecule has 23 heavy (non-hydrogen) atoms. The van der Waals surface area contributed by atoms with Gasteiger partial charge < -0.3 is 14.7 Å². The third-order valence-electron chi connectivity index (χ3n) is 4.13. The lowest BCUT2D eigenvalue weighted by Gasteiger charge is -2.30. The highest BCUT2D eigenvalue weighted by Gasteiger charge is 2.27. The molecule has 1 aromatic rings. The summed E-state index contributed by atoms with van der Waals surface area (Å²) in [5.41, 5.74) is 1.43. The topological polar surface area (TPSA) is 83.9 Å². The molecule has 1 heterocycles. The van der Waals surface area contributed by atoms with Gasteiger partial charge in [0.25, 0.3) is 0 Å². The molecule has 1 N–H and O–H groups in total. The van der Waals surface area contributed by atoms with Gasteiger partial charge in [-0.15, -0.1) is 0 Å². The lowest BCUT2D eigenvalue weighted by molar-refractivity contribution is -0.145. The molecule has 0 spiro atoms. The molecule has 1 saturated heterocycles. The zero-order valence-electron chi connectivity index (χ0n) is 13.2. The Kier molecular flexibility index (Phi) is 5.73. The summed E-state index contributed by atoms with van der Waals surface area (Å²) in [6, 6.07) is 6.95. The van der Waals surface area contributed by atoms with Gasteiger partial charge in [-0.1, -0.05) is 12.1 Å². The number of carboxylic acids is 1. The van der Waals surface area contributed by atoms with Crippen LogP contribution in [0.15, 0.2) is 24.3 Å². The van der Waals surface area contributed by atoms with E-state index in [1.807, 2.05) is 0 Å². The third-order valence-corrected chi connectivity index (χ3v) is 4.13. The number of carboxylic acid groups (broad SMARTS) is 1. The molecule has 2 rings (SSSR count). The van der Waals surface area contributed by atoms with Crippen molar-refractivity contribution in [3.8, 4) is 0 Å². The molecule has 0 aromatic heterocycles. The number of rotatable bonds is 5. The molecule has 1 aromatic carbocycles. The van der Waals surface area contributed by atoms with E-state index in [0.29, 0.717) is 37.9 Å². The molecule has 0 saturated carbocycles. The maximum absolute atomic E-state index is 12.2. The van der Waals surface area contributed by atoms with Crippen molar-refractivity contribution in [2.24, 2.45) is 5.92 Å². The number of amides is 1. The van der Waals surface area contributed by atoms with Gasteiger partial charge in [0, 0.05) is 19.5 Å². The van der Waals surface area contributed by atoms with Crippen molar-refractivity contribution < 1.29 is 24.2 Å². The number of piperidine rings is 1. The highest BCUT2D eigenvalue weighted by Crippen LogP contribution is 2.18. The van der Waals surface area contributed by atoms with Gasteiger partial charge in [0.1, 0.15) is 0 Å². The van der Waals surface area contributed by atoms with Gasteiger partial charge >= 0.3 is 11.9 Å². The Morgan fingerprint density at radius 2 is 1.96 bits per heavy atom. The number of nitrogens with zero attached hydrogens (tertiary/aromatic N) is 1. The van der Waals surface area contributed by atoms with Crippen molar-refractivity contribution in [3.05, 3.63) is 35.4 Å². The van der Waals surface area contributed by atoms with Gasteiger partial charge in [0.2, 0.25) is 5.91 Å². The minimum Gasteiger partial charge on any atom is -0.481 e. The molecule has 1 amide bonds. The molecule has 0 aliphatic carbocycles. The highest BCUT2D eigenvalue weighted by molar-refractivity contribution is 5.89. The predicted octanol–water partition coefficient (Wildman–Crippen LogP) is 1.73. The molecule has 1 aliphatic heterocycles. The number of ether oxygens (including phenoxy) is 1. The summed E-state index contributed by atoms with van der Waals surface area (Å²) in [5, 5.41) is 9.06. The monoisotopic (exact) mass is 319 g/mol. The molecular formula is C17H21NO5. The standard InChI is InChI=1S/C17H21NO5/c1-23-17(22)13-7-4-12(5-8-13)6-9-15(19)18-10-2-3-14(11-18)16(20)21/h4-5,7-8,14H,2-3,6,9-11H2,1H3,(H,20,21). The Morgan fingerprint density at radius 1 is 1.26 bits per heavy atom. The second kappa shape index (κ2) is 7.76. The summed E-state index contributed by atoms with van der Waals surface area (Å²) in [5.74, 6) is -1.69. The summed E-state index contributed by atoms with van der Waals surface area (Å²) in [6.45, 7) is 0.930. The molecule has 6 heteroatoms. The van der Waals surface area contributed by atoms with Crippen molar-refractivity contribution >= 4 is 17.8 Å². The zero-order chi connectivity index (χ0) is 16.8. The minimum absolute atomic E-state index is 0.0204. The van der Waals surface area contributed by atoms with Crippen molar-refractivity contribution in [2.75, 3.05) is 20.2 Å². The van der Waals surface area contributed by atoms with E-state index < -0.39 is 11.9 Å². The first-order valence-corrected chi connectivity index (χ1v) is 7.69. The van der Waals surface area contributed by atoms with Crippen molar-refractivity contribution in [2.45, 2.75) is 25.7 Å². The minimum atomic E-state index is -0.833. The number of methoxy groups -OCH3 is 1. The van der Waals surface area contributed by atoms with E-state index in [2.05, 4.69) is 4.74 Å². The maximum atomic E-state index is 12.2. The van der Waals surface area contributed by atoms with Gasteiger partial charge in [-0.25, -0.2) is 4.79 Å². The summed E-state index contributed by atoms with van der Waals surface area (Å²) in [4.78, 5) is 36.3. The molecule has 0 bridgehead atoms. The Hall–Kier alpha value is -2.37. The fraction of sp³-hybridized carbons (Fsp3) is 0.471. The first kappa shape index (κ1) is 17.0. The summed E-state index contributed by atoms with van der Waals surface area (Å²) in [7, 11) is 1.33. The van der Waals surface area contributed by atoms with Crippen molar-refractivity contribution in [1.29, 1.82) is 0 Å². The van der Waals surface area contributed by atoms with Gasteiger partial charge in [0.05, 0.1) is 18.6 Å². The molecule has 1 fully saturated rings. The number of aliphatic carboxylic acids is 1. The highest BCUT2D eigenvalue weighted by atomic mass is 16.5. The summed E-state index contributed by atoms with van der Waals surface area (Å²) in [6.07, 6.45) is 2.27. The number of aryl methyl sites for hydroxylation is 1. The van der Waals surface area contributed by atoms with Crippen LogP contribution in [-0.2, 0) is 20.7 Å². The number of carbonyl (C=O) groups excluding carboxylic acids is 2. The van der Waals surface area contributed by atoms with E-state index in [1.54, 1.807) is 29.2 Å². The Bertz CT molecular complexity index is 581. The van der Waals surface area contributed by atoms with E-state index >= 15 is 0 Å². The molecule has 124 valence electrons. The number of likely N-dealkylation sites (tertiary alicyclic amines) is 1. The molecular weight excluding hydrogens is 298 g/mol. The molecule has 1 atom stereocenters. The van der Waals surface area contributed by atoms with Gasteiger partial charge in [0.15, 0.2) is 0 Å². The smallest absolute Gasteiger partial charge is 0.337 e. The van der Waals surface area contributed by atoms with Gasteiger partial charge in [-0.05, 0) is 37.0 Å². The van der Waals surface area contributed by atoms with Crippen LogP contribution in [-0.4, -0.2) is 48.1 Å². The second-order valence-electron chi connectivity index (χ2n) is 5.71. The largest absolute Gasteiger partial charge is 0.481 e. The van der Waals surface area contributed by atoms with Crippen LogP contribution in [0, 0.1) is 5.92 Å². The molecule has 1 unspecified atom stereocenters. The predicted molar refractivity (Wildman–Crippen MR) is 83.0 cm³/mol. The van der Waals surface area contributed by atoms with E-state index in [9.17, 15) is 14.4 Å². The number of benzene rings is 1. The molecule has 0 radical (unpaired) electrons. The van der Waals surface area contributed by atoms with Crippen molar-refractivity contribution in [3.63, 3.8) is 0 Å². The van der Waals surface area contributed by atoms with Gasteiger partial charge in [-0.3, -0.25) is 9.59 Å². The van der Waals surface area contributed by atoms with Crippen LogP contribution in [0.5, 0.6) is 0 Å². The van der Waals surface area contributed by atoms with E-state index in [0.717, 1.165) is 12.0 Å². The SMILES string of the molecule is COC(=O)c1ccc(CCC(=O)N2CCCC(C(=O)O)C2)cc1. The lowest BCUT2D eigenvalue weighted by atomic mass is 9.97. The number of hydrogen-bond donors (Lipinski definition) is 1. The Labute approximate surface area is 135 Å².